The Labute approximate surface area is 198 Å². The van der Waals surface area contributed by atoms with Gasteiger partial charge in [-0.25, -0.2) is 14.8 Å². The van der Waals surface area contributed by atoms with Crippen LogP contribution in [0.3, 0.4) is 0 Å². The predicted octanol–water partition coefficient (Wildman–Crippen LogP) is 6.38. The Bertz CT molecular complexity index is 1490. The van der Waals surface area contributed by atoms with Gasteiger partial charge in [0.15, 0.2) is 5.65 Å². The van der Waals surface area contributed by atoms with Gasteiger partial charge < -0.3 is 9.67 Å². The van der Waals surface area contributed by atoms with Crippen molar-refractivity contribution in [2.75, 3.05) is 0 Å². The third kappa shape index (κ3) is 3.97. The van der Waals surface area contributed by atoms with E-state index in [1.807, 2.05) is 54.6 Å². The van der Waals surface area contributed by atoms with Gasteiger partial charge in [0, 0.05) is 12.0 Å². The topological polar surface area (TPSA) is 68.0 Å². The molecule has 0 aliphatic rings. The van der Waals surface area contributed by atoms with E-state index >= 15 is 0 Å². The molecule has 0 saturated heterocycles. The van der Waals surface area contributed by atoms with Crippen molar-refractivity contribution in [1.29, 1.82) is 0 Å². The van der Waals surface area contributed by atoms with Crippen LogP contribution in [0.15, 0.2) is 84.9 Å². The molecule has 5 nitrogen and oxygen atoms in total. The summed E-state index contributed by atoms with van der Waals surface area (Å²) >= 11 is 0. The maximum Gasteiger partial charge on any atom is 0.336 e. The molecule has 3 aromatic carbocycles. The molecule has 2 aromatic heterocycles. The number of pyridine rings is 1. The van der Waals surface area contributed by atoms with Crippen LogP contribution in [0, 0.1) is 6.92 Å². The third-order valence-corrected chi connectivity index (χ3v) is 6.12. The second-order valence-corrected chi connectivity index (χ2v) is 8.38. The van der Waals surface area contributed by atoms with Gasteiger partial charge in [-0.1, -0.05) is 79.7 Å². The Morgan fingerprint density at radius 2 is 1.59 bits per heavy atom. The summed E-state index contributed by atoms with van der Waals surface area (Å²) in [4.78, 5) is 21.5. The number of imidazole rings is 1. The Hall–Kier alpha value is -4.25. The molecule has 5 heteroatoms. The van der Waals surface area contributed by atoms with E-state index in [-0.39, 0.29) is 0 Å². The van der Waals surface area contributed by atoms with Crippen molar-refractivity contribution in [2.24, 2.45) is 0 Å². The maximum atomic E-state index is 11.6. The van der Waals surface area contributed by atoms with Crippen LogP contribution in [0.5, 0.6) is 0 Å². The normalized spacial score (nSPS) is 11.1. The van der Waals surface area contributed by atoms with Gasteiger partial charge >= 0.3 is 5.97 Å². The quantitative estimate of drug-likeness (QED) is 0.328. The summed E-state index contributed by atoms with van der Waals surface area (Å²) in [5.41, 5.74) is 7.96. The monoisotopic (exact) mass is 447 g/mol. The highest BCUT2D eigenvalue weighted by Crippen LogP contribution is 2.27. The molecule has 0 unspecified atom stereocenters. The highest BCUT2D eigenvalue weighted by atomic mass is 16.4. The molecule has 0 fully saturated rings. The fourth-order valence-corrected chi connectivity index (χ4v) is 4.37. The smallest absolute Gasteiger partial charge is 0.336 e. The second-order valence-electron chi connectivity index (χ2n) is 8.38. The van der Waals surface area contributed by atoms with E-state index in [0.717, 1.165) is 51.4 Å². The lowest BCUT2D eigenvalue weighted by molar-refractivity contribution is 0.0697. The zero-order chi connectivity index (χ0) is 23.7. The number of carbonyl (C=O) groups is 1. The first-order chi connectivity index (χ1) is 16.5. The minimum absolute atomic E-state index is 0.303. The van der Waals surface area contributed by atoms with E-state index in [1.54, 1.807) is 12.1 Å². The molecule has 0 spiro atoms. The Balaban J connectivity index is 1.54. The lowest BCUT2D eigenvalue weighted by Gasteiger charge is -2.11. The van der Waals surface area contributed by atoms with Gasteiger partial charge in [0.25, 0.3) is 0 Å². The van der Waals surface area contributed by atoms with E-state index in [4.69, 9.17) is 9.97 Å². The predicted molar refractivity (Wildman–Crippen MR) is 135 cm³/mol. The summed E-state index contributed by atoms with van der Waals surface area (Å²) in [7, 11) is 0. The molecule has 0 atom stereocenters. The van der Waals surface area contributed by atoms with Crippen LogP contribution in [0.4, 0.5) is 0 Å². The van der Waals surface area contributed by atoms with Crippen molar-refractivity contribution >= 4 is 17.1 Å². The zero-order valence-electron chi connectivity index (χ0n) is 19.2. The molecular formula is C29H25N3O2. The first-order valence-electron chi connectivity index (χ1n) is 11.4. The van der Waals surface area contributed by atoms with Crippen molar-refractivity contribution < 1.29 is 9.90 Å². The van der Waals surface area contributed by atoms with E-state index < -0.39 is 5.97 Å². The first-order valence-corrected chi connectivity index (χ1v) is 11.4. The fraction of sp³-hybridized carbons (Fsp3) is 0.138. The maximum absolute atomic E-state index is 11.6. The largest absolute Gasteiger partial charge is 0.478 e. The minimum Gasteiger partial charge on any atom is -0.478 e. The summed E-state index contributed by atoms with van der Waals surface area (Å²) in [5.74, 6) is 0.0731. The number of aromatic nitrogens is 3. The molecule has 0 aliphatic carbocycles. The molecule has 0 saturated carbocycles. The number of hydrogen-bond donors (Lipinski definition) is 1. The van der Waals surface area contributed by atoms with E-state index in [9.17, 15) is 9.90 Å². The molecule has 0 amide bonds. The molecule has 2 heterocycles. The van der Waals surface area contributed by atoms with Crippen LogP contribution in [0.2, 0.25) is 0 Å². The Morgan fingerprint density at radius 3 is 2.29 bits per heavy atom. The van der Waals surface area contributed by atoms with Gasteiger partial charge in [-0.3, -0.25) is 0 Å². The van der Waals surface area contributed by atoms with Crippen LogP contribution in [0.1, 0.15) is 34.2 Å². The first kappa shape index (κ1) is 21.6. The van der Waals surface area contributed by atoms with E-state index in [1.165, 1.54) is 0 Å². The minimum atomic E-state index is -0.923. The summed E-state index contributed by atoms with van der Waals surface area (Å²) in [6.45, 7) is 4.84. The molecule has 168 valence electrons. The number of aryl methyl sites for hydroxylation is 2. The molecule has 0 aliphatic heterocycles. The summed E-state index contributed by atoms with van der Waals surface area (Å²) in [6.07, 6.45) is 0.806. The van der Waals surface area contributed by atoms with Gasteiger partial charge in [0.05, 0.1) is 17.8 Å². The SMILES string of the molecule is CCc1nc2c(C)cc(-c3ccccc3)nc2n1Cc1ccc(-c2ccccc2C(=O)O)cc1. The molecule has 5 rings (SSSR count). The van der Waals surface area contributed by atoms with Crippen molar-refractivity contribution in [2.45, 2.75) is 26.8 Å². The number of nitrogens with zero attached hydrogens (tertiary/aromatic N) is 3. The molecule has 5 aromatic rings. The number of aromatic carboxylic acids is 1. The molecule has 1 N–H and O–H groups in total. The molecule has 0 radical (unpaired) electrons. The van der Waals surface area contributed by atoms with Crippen LogP contribution in [0.25, 0.3) is 33.5 Å². The standard InChI is InChI=1S/C29H25N3O2/c1-3-26-31-27-19(2)17-25(22-9-5-4-6-10-22)30-28(27)32(26)18-20-13-15-21(16-14-20)23-11-7-8-12-24(23)29(33)34/h4-17H,3,18H2,1-2H3,(H,33,34). The average Bonchev–Trinajstić information content (AvgIpc) is 3.23. The Kier molecular flexibility index (Phi) is 5.68. The lowest BCUT2D eigenvalue weighted by atomic mass is 9.99. The van der Waals surface area contributed by atoms with E-state index in [0.29, 0.717) is 17.7 Å². The third-order valence-electron chi connectivity index (χ3n) is 6.12. The van der Waals surface area contributed by atoms with E-state index in [2.05, 4.69) is 36.6 Å². The van der Waals surface area contributed by atoms with Gasteiger partial charge in [0.1, 0.15) is 11.3 Å². The van der Waals surface area contributed by atoms with Crippen LogP contribution in [-0.2, 0) is 13.0 Å². The number of hydrogen-bond acceptors (Lipinski definition) is 3. The molecule has 34 heavy (non-hydrogen) atoms. The zero-order valence-corrected chi connectivity index (χ0v) is 19.2. The number of carboxylic acids is 1. The number of rotatable bonds is 6. The number of fused-ring (bicyclic) bond motifs is 1. The highest BCUT2D eigenvalue weighted by Gasteiger charge is 2.16. The lowest BCUT2D eigenvalue weighted by Crippen LogP contribution is -2.06. The summed E-state index contributed by atoms with van der Waals surface area (Å²) in [5, 5.41) is 9.52. The highest BCUT2D eigenvalue weighted by molar-refractivity contribution is 5.96. The van der Waals surface area contributed by atoms with Crippen molar-refractivity contribution in [3.05, 3.63) is 107 Å². The summed E-state index contributed by atoms with van der Waals surface area (Å²) in [6, 6.07) is 27.4. The molecule has 0 bridgehead atoms. The number of carboxylic acid groups (broad SMARTS) is 1. The van der Waals surface area contributed by atoms with Crippen molar-refractivity contribution in [3.63, 3.8) is 0 Å². The van der Waals surface area contributed by atoms with Gasteiger partial charge in [-0.05, 0) is 41.3 Å². The number of benzene rings is 3. The Morgan fingerprint density at radius 1 is 0.882 bits per heavy atom. The van der Waals surface area contributed by atoms with Gasteiger partial charge in [-0.15, -0.1) is 0 Å². The second kappa shape index (κ2) is 8.94. The average molecular weight is 448 g/mol. The fourth-order valence-electron chi connectivity index (χ4n) is 4.37. The summed E-state index contributed by atoms with van der Waals surface area (Å²) < 4.78 is 2.19. The van der Waals surface area contributed by atoms with Crippen LogP contribution in [-0.4, -0.2) is 25.6 Å². The van der Waals surface area contributed by atoms with Crippen LogP contribution < -0.4 is 0 Å². The van der Waals surface area contributed by atoms with Crippen molar-refractivity contribution in [1.82, 2.24) is 14.5 Å². The van der Waals surface area contributed by atoms with Gasteiger partial charge in [-0.2, -0.15) is 0 Å². The van der Waals surface area contributed by atoms with Crippen molar-refractivity contribution in [3.8, 4) is 22.4 Å². The van der Waals surface area contributed by atoms with Gasteiger partial charge in [0.2, 0.25) is 0 Å². The molecular weight excluding hydrogens is 422 g/mol. The van der Waals surface area contributed by atoms with Crippen LogP contribution >= 0.6 is 0 Å².